The Bertz CT molecular complexity index is 702. The van der Waals surface area contributed by atoms with Crippen LogP contribution < -0.4 is 10.5 Å². The highest BCUT2D eigenvalue weighted by Gasteiger charge is 2.20. The van der Waals surface area contributed by atoms with Gasteiger partial charge in [-0.2, -0.15) is 5.10 Å². The predicted octanol–water partition coefficient (Wildman–Crippen LogP) is 1.71. The van der Waals surface area contributed by atoms with Gasteiger partial charge in [-0.25, -0.2) is 5.10 Å². The van der Waals surface area contributed by atoms with Crippen LogP contribution in [0.2, 0.25) is 0 Å². The van der Waals surface area contributed by atoms with Crippen LogP contribution in [0.25, 0.3) is 0 Å². The molecule has 1 aromatic heterocycles. The smallest absolute Gasteiger partial charge is 0.264 e. The van der Waals surface area contributed by atoms with Crippen molar-refractivity contribution in [2.75, 3.05) is 31.1 Å². The van der Waals surface area contributed by atoms with Crippen LogP contribution in [-0.4, -0.2) is 41.3 Å². The standard InChI is InChI=1S/C17H22N4O/c1-13-5-3-4-6-15(13)12-20-7-9-21(10-8-20)17-14(2)11-16(22)18-19-17/h3-6,11H,7-10,12H2,1-2H3,(H,18,22). The molecule has 1 aliphatic rings. The van der Waals surface area contributed by atoms with E-state index in [1.54, 1.807) is 6.07 Å². The fourth-order valence-electron chi connectivity index (χ4n) is 2.96. The summed E-state index contributed by atoms with van der Waals surface area (Å²) >= 11 is 0. The molecule has 0 amide bonds. The maximum Gasteiger partial charge on any atom is 0.264 e. The summed E-state index contributed by atoms with van der Waals surface area (Å²) < 4.78 is 0. The molecule has 0 bridgehead atoms. The first-order chi connectivity index (χ1) is 10.6. The van der Waals surface area contributed by atoms with Gasteiger partial charge in [0.15, 0.2) is 5.82 Å². The number of hydrogen-bond donors (Lipinski definition) is 1. The van der Waals surface area contributed by atoms with E-state index in [0.29, 0.717) is 0 Å². The lowest BCUT2D eigenvalue weighted by atomic mass is 10.1. The summed E-state index contributed by atoms with van der Waals surface area (Å²) in [5, 5.41) is 6.73. The van der Waals surface area contributed by atoms with Crippen molar-refractivity contribution in [3.63, 3.8) is 0 Å². The molecule has 3 rings (SSSR count). The molecule has 0 spiro atoms. The summed E-state index contributed by atoms with van der Waals surface area (Å²) in [6.07, 6.45) is 0. The first-order valence-electron chi connectivity index (χ1n) is 7.71. The minimum atomic E-state index is -0.139. The number of nitrogens with zero attached hydrogens (tertiary/aromatic N) is 3. The highest BCUT2D eigenvalue weighted by Crippen LogP contribution is 2.18. The van der Waals surface area contributed by atoms with Gasteiger partial charge in [0.25, 0.3) is 5.56 Å². The third kappa shape index (κ3) is 3.20. The molecule has 0 aliphatic carbocycles. The summed E-state index contributed by atoms with van der Waals surface area (Å²) in [6.45, 7) is 9.00. The van der Waals surface area contributed by atoms with Gasteiger partial charge in [0.2, 0.25) is 0 Å². The van der Waals surface area contributed by atoms with E-state index in [1.165, 1.54) is 11.1 Å². The molecular weight excluding hydrogens is 276 g/mol. The molecule has 1 aliphatic heterocycles. The number of piperazine rings is 1. The zero-order valence-electron chi connectivity index (χ0n) is 13.2. The van der Waals surface area contributed by atoms with Crippen molar-refractivity contribution in [3.8, 4) is 0 Å². The second-order valence-corrected chi connectivity index (χ2v) is 5.93. The molecule has 1 fully saturated rings. The molecule has 1 saturated heterocycles. The molecule has 1 N–H and O–H groups in total. The Kier molecular flexibility index (Phi) is 4.24. The molecule has 0 saturated carbocycles. The van der Waals surface area contributed by atoms with E-state index in [-0.39, 0.29) is 5.56 Å². The van der Waals surface area contributed by atoms with E-state index in [1.807, 2.05) is 6.92 Å². The van der Waals surface area contributed by atoms with Gasteiger partial charge in [0, 0.05) is 38.8 Å². The summed E-state index contributed by atoms with van der Waals surface area (Å²) in [5.74, 6) is 0.898. The highest BCUT2D eigenvalue weighted by molar-refractivity contribution is 5.45. The third-order valence-electron chi connectivity index (χ3n) is 4.30. The van der Waals surface area contributed by atoms with E-state index < -0.39 is 0 Å². The monoisotopic (exact) mass is 298 g/mol. The number of nitrogens with one attached hydrogen (secondary N) is 1. The molecule has 0 radical (unpaired) electrons. The van der Waals surface area contributed by atoms with Crippen LogP contribution in [0.4, 0.5) is 5.82 Å². The largest absolute Gasteiger partial charge is 0.352 e. The number of aryl methyl sites for hydroxylation is 2. The van der Waals surface area contributed by atoms with Gasteiger partial charge < -0.3 is 4.90 Å². The molecule has 5 nitrogen and oxygen atoms in total. The number of rotatable bonds is 3. The minimum Gasteiger partial charge on any atom is -0.352 e. The Morgan fingerprint density at radius 3 is 2.50 bits per heavy atom. The molecule has 0 atom stereocenters. The van der Waals surface area contributed by atoms with E-state index in [0.717, 1.165) is 44.1 Å². The fraction of sp³-hybridized carbons (Fsp3) is 0.412. The van der Waals surface area contributed by atoms with Crippen molar-refractivity contribution in [2.24, 2.45) is 0 Å². The average molecular weight is 298 g/mol. The molecule has 0 unspecified atom stereocenters. The lowest BCUT2D eigenvalue weighted by Gasteiger charge is -2.36. The number of H-pyrrole nitrogens is 1. The third-order valence-corrected chi connectivity index (χ3v) is 4.30. The first kappa shape index (κ1) is 14.8. The number of hydrogen-bond acceptors (Lipinski definition) is 4. The van der Waals surface area contributed by atoms with Gasteiger partial charge in [-0.15, -0.1) is 0 Å². The van der Waals surface area contributed by atoms with Gasteiger partial charge in [-0.1, -0.05) is 24.3 Å². The first-order valence-corrected chi connectivity index (χ1v) is 7.71. The second-order valence-electron chi connectivity index (χ2n) is 5.93. The summed E-state index contributed by atoms with van der Waals surface area (Å²) in [7, 11) is 0. The van der Waals surface area contributed by atoms with Crippen LogP contribution in [0, 0.1) is 13.8 Å². The van der Waals surface area contributed by atoms with E-state index in [2.05, 4.69) is 51.2 Å². The SMILES string of the molecule is Cc1ccccc1CN1CCN(c2n[nH]c(=O)cc2C)CC1. The summed E-state index contributed by atoms with van der Waals surface area (Å²) in [6, 6.07) is 10.2. The van der Waals surface area contributed by atoms with Gasteiger partial charge in [0.05, 0.1) is 0 Å². The normalized spacial score (nSPS) is 16.0. The van der Waals surface area contributed by atoms with Crippen LogP contribution in [-0.2, 0) is 6.54 Å². The van der Waals surface area contributed by atoms with Crippen molar-refractivity contribution in [1.29, 1.82) is 0 Å². The zero-order valence-corrected chi connectivity index (χ0v) is 13.2. The predicted molar refractivity (Wildman–Crippen MR) is 88.3 cm³/mol. The van der Waals surface area contributed by atoms with Gasteiger partial charge >= 0.3 is 0 Å². The van der Waals surface area contributed by atoms with Crippen LogP contribution >= 0.6 is 0 Å². The zero-order chi connectivity index (χ0) is 15.5. The van der Waals surface area contributed by atoms with Crippen LogP contribution in [0.1, 0.15) is 16.7 Å². The van der Waals surface area contributed by atoms with Crippen molar-refractivity contribution in [1.82, 2.24) is 15.1 Å². The highest BCUT2D eigenvalue weighted by atomic mass is 16.1. The topological polar surface area (TPSA) is 52.2 Å². The number of benzene rings is 1. The molecule has 22 heavy (non-hydrogen) atoms. The van der Waals surface area contributed by atoms with Crippen LogP contribution in [0.5, 0.6) is 0 Å². The molecule has 5 heteroatoms. The van der Waals surface area contributed by atoms with Crippen molar-refractivity contribution in [2.45, 2.75) is 20.4 Å². The maximum absolute atomic E-state index is 11.3. The van der Waals surface area contributed by atoms with Gasteiger partial charge in [-0.3, -0.25) is 9.69 Å². The fourth-order valence-corrected chi connectivity index (χ4v) is 2.96. The lowest BCUT2D eigenvalue weighted by molar-refractivity contribution is 0.248. The molecule has 1 aromatic carbocycles. The van der Waals surface area contributed by atoms with Crippen molar-refractivity contribution >= 4 is 5.82 Å². The second kappa shape index (κ2) is 6.32. The van der Waals surface area contributed by atoms with Gasteiger partial charge in [-0.05, 0) is 30.5 Å². The number of aromatic nitrogens is 2. The Morgan fingerprint density at radius 2 is 1.82 bits per heavy atom. The van der Waals surface area contributed by atoms with E-state index in [4.69, 9.17) is 0 Å². The minimum absolute atomic E-state index is 0.139. The summed E-state index contributed by atoms with van der Waals surface area (Å²) in [4.78, 5) is 16.0. The average Bonchev–Trinajstić information content (AvgIpc) is 2.51. The number of aromatic amines is 1. The number of anilines is 1. The molecule has 2 aromatic rings. The quantitative estimate of drug-likeness (QED) is 0.937. The Balaban J connectivity index is 1.63. The molecular formula is C17H22N4O. The van der Waals surface area contributed by atoms with Gasteiger partial charge in [0.1, 0.15) is 0 Å². The molecule has 2 heterocycles. The molecule has 116 valence electrons. The maximum atomic E-state index is 11.3. The van der Waals surface area contributed by atoms with Crippen LogP contribution in [0.3, 0.4) is 0 Å². The van der Waals surface area contributed by atoms with Crippen LogP contribution in [0.15, 0.2) is 35.1 Å². The Hall–Kier alpha value is -2.14. The Morgan fingerprint density at radius 1 is 1.09 bits per heavy atom. The van der Waals surface area contributed by atoms with E-state index >= 15 is 0 Å². The van der Waals surface area contributed by atoms with Crippen molar-refractivity contribution < 1.29 is 0 Å². The summed E-state index contributed by atoms with van der Waals surface area (Å²) in [5.41, 5.74) is 3.55. The lowest BCUT2D eigenvalue weighted by Crippen LogP contribution is -2.46. The van der Waals surface area contributed by atoms with Crippen molar-refractivity contribution in [3.05, 3.63) is 57.4 Å². The Labute approximate surface area is 130 Å². The van der Waals surface area contributed by atoms with E-state index in [9.17, 15) is 4.79 Å².